The average Bonchev–Trinajstić information content (AvgIpc) is 2.46. The largest absolute Gasteiger partial charge is 0.345 e. The number of hydrogen-bond acceptors (Lipinski definition) is 3. The molecule has 1 fully saturated rings. The smallest absolute Gasteiger partial charge is 0.243 e. The van der Waals surface area contributed by atoms with Crippen LogP contribution < -0.4 is 16.4 Å². The number of hydrogen-bond donors (Lipinski definition) is 3. The highest BCUT2D eigenvalue weighted by Crippen LogP contribution is 2.25. The Morgan fingerprint density at radius 2 is 1.75 bits per heavy atom. The summed E-state index contributed by atoms with van der Waals surface area (Å²) in [5.41, 5.74) is 6.01. The second kappa shape index (κ2) is 6.52. The minimum Gasteiger partial charge on any atom is -0.345 e. The van der Waals surface area contributed by atoms with Gasteiger partial charge in [0.15, 0.2) is 0 Å². The van der Waals surface area contributed by atoms with Crippen LogP contribution in [0.2, 0.25) is 0 Å². The quantitative estimate of drug-likeness (QED) is 0.776. The van der Waals surface area contributed by atoms with Crippen molar-refractivity contribution in [3.63, 3.8) is 0 Å². The molecule has 2 rings (SSSR count). The molecule has 2 amide bonds. The van der Waals surface area contributed by atoms with Crippen LogP contribution in [0.3, 0.4) is 0 Å². The molecule has 0 aliphatic heterocycles. The number of carbonyl (C=O) groups is 2. The van der Waals surface area contributed by atoms with E-state index in [2.05, 4.69) is 10.6 Å². The zero-order valence-electron chi connectivity index (χ0n) is 11.5. The van der Waals surface area contributed by atoms with Gasteiger partial charge in [-0.2, -0.15) is 0 Å². The first-order valence-electron chi connectivity index (χ1n) is 7.02. The Bertz CT molecular complexity index is 467. The predicted octanol–water partition coefficient (Wildman–Crippen LogP) is 1.40. The van der Waals surface area contributed by atoms with Crippen molar-refractivity contribution in [3.05, 3.63) is 30.3 Å². The van der Waals surface area contributed by atoms with Crippen LogP contribution >= 0.6 is 0 Å². The van der Waals surface area contributed by atoms with Crippen LogP contribution in [-0.4, -0.2) is 23.9 Å². The monoisotopic (exact) mass is 275 g/mol. The van der Waals surface area contributed by atoms with Gasteiger partial charge in [-0.25, -0.2) is 0 Å². The van der Waals surface area contributed by atoms with Crippen LogP contribution in [0.25, 0.3) is 0 Å². The highest BCUT2D eigenvalue weighted by atomic mass is 16.2. The van der Waals surface area contributed by atoms with Gasteiger partial charge in [-0.1, -0.05) is 37.5 Å². The summed E-state index contributed by atoms with van der Waals surface area (Å²) in [6, 6.07) is 9.14. The van der Waals surface area contributed by atoms with Crippen molar-refractivity contribution in [2.75, 3.05) is 11.9 Å². The zero-order valence-corrected chi connectivity index (χ0v) is 11.5. The van der Waals surface area contributed by atoms with Crippen molar-refractivity contribution in [1.29, 1.82) is 0 Å². The second-order valence-electron chi connectivity index (χ2n) is 5.31. The second-order valence-corrected chi connectivity index (χ2v) is 5.31. The molecule has 0 bridgehead atoms. The Kier molecular flexibility index (Phi) is 4.74. The Morgan fingerprint density at radius 1 is 1.10 bits per heavy atom. The summed E-state index contributed by atoms with van der Waals surface area (Å²) in [5.74, 6) is -0.468. The molecular formula is C15H21N3O2. The van der Waals surface area contributed by atoms with Crippen LogP contribution in [-0.2, 0) is 9.59 Å². The topological polar surface area (TPSA) is 84.2 Å². The third-order valence-electron chi connectivity index (χ3n) is 3.67. The Labute approximate surface area is 118 Å². The van der Waals surface area contributed by atoms with E-state index < -0.39 is 5.54 Å². The molecule has 5 heteroatoms. The van der Waals surface area contributed by atoms with Crippen molar-refractivity contribution in [1.82, 2.24) is 5.32 Å². The fourth-order valence-electron chi connectivity index (χ4n) is 2.47. The third kappa shape index (κ3) is 3.81. The van der Waals surface area contributed by atoms with Gasteiger partial charge in [0.1, 0.15) is 0 Å². The van der Waals surface area contributed by atoms with Gasteiger partial charge < -0.3 is 16.4 Å². The van der Waals surface area contributed by atoms with E-state index in [1.807, 2.05) is 18.2 Å². The molecular weight excluding hydrogens is 254 g/mol. The van der Waals surface area contributed by atoms with E-state index in [1.165, 1.54) is 0 Å². The molecule has 0 unspecified atom stereocenters. The number of carbonyl (C=O) groups excluding carboxylic acids is 2. The number of rotatable bonds is 4. The van der Waals surface area contributed by atoms with Crippen molar-refractivity contribution in [3.8, 4) is 0 Å². The summed E-state index contributed by atoms with van der Waals surface area (Å²) in [6.07, 6.45) is 4.46. The van der Waals surface area contributed by atoms with E-state index in [0.29, 0.717) is 18.5 Å². The van der Waals surface area contributed by atoms with Crippen molar-refractivity contribution in [2.24, 2.45) is 5.73 Å². The third-order valence-corrected chi connectivity index (χ3v) is 3.67. The molecule has 0 radical (unpaired) electrons. The first-order valence-corrected chi connectivity index (χ1v) is 7.02. The highest BCUT2D eigenvalue weighted by molar-refractivity contribution is 5.96. The van der Waals surface area contributed by atoms with E-state index in [4.69, 9.17) is 5.73 Å². The van der Waals surface area contributed by atoms with Gasteiger partial charge in [-0.05, 0) is 25.0 Å². The van der Waals surface area contributed by atoms with Gasteiger partial charge in [0.05, 0.1) is 12.1 Å². The van der Waals surface area contributed by atoms with Gasteiger partial charge >= 0.3 is 0 Å². The molecule has 108 valence electrons. The summed E-state index contributed by atoms with van der Waals surface area (Å²) in [4.78, 5) is 23.8. The van der Waals surface area contributed by atoms with Crippen LogP contribution in [0.1, 0.15) is 32.1 Å². The summed E-state index contributed by atoms with van der Waals surface area (Å²) in [5, 5.41) is 5.36. The maximum Gasteiger partial charge on any atom is 0.243 e. The number of amides is 2. The molecule has 20 heavy (non-hydrogen) atoms. The van der Waals surface area contributed by atoms with E-state index in [1.54, 1.807) is 12.1 Å². The lowest BCUT2D eigenvalue weighted by molar-refractivity contribution is -0.129. The Balaban J connectivity index is 1.79. The molecule has 1 aliphatic carbocycles. The summed E-state index contributed by atoms with van der Waals surface area (Å²) < 4.78 is 0. The summed E-state index contributed by atoms with van der Waals surface area (Å²) in [6.45, 7) is -0.0489. The predicted molar refractivity (Wildman–Crippen MR) is 78.1 cm³/mol. The lowest BCUT2D eigenvalue weighted by Gasteiger charge is -2.31. The van der Waals surface area contributed by atoms with Crippen LogP contribution in [0.15, 0.2) is 30.3 Å². The fraction of sp³-hybridized carbons (Fsp3) is 0.467. The molecule has 1 aromatic carbocycles. The molecule has 4 N–H and O–H groups in total. The van der Waals surface area contributed by atoms with Gasteiger partial charge in [0.25, 0.3) is 0 Å². The molecule has 0 spiro atoms. The number of para-hydroxylation sites is 1. The summed E-state index contributed by atoms with van der Waals surface area (Å²) >= 11 is 0. The minimum atomic E-state index is -0.800. The van der Waals surface area contributed by atoms with Crippen LogP contribution in [0, 0.1) is 0 Å². The van der Waals surface area contributed by atoms with Crippen molar-refractivity contribution < 1.29 is 9.59 Å². The lowest BCUT2D eigenvalue weighted by atomic mass is 9.82. The van der Waals surface area contributed by atoms with Gasteiger partial charge in [0, 0.05) is 5.69 Å². The molecule has 1 aliphatic rings. The molecule has 0 saturated heterocycles. The van der Waals surface area contributed by atoms with Gasteiger partial charge in [-0.15, -0.1) is 0 Å². The highest BCUT2D eigenvalue weighted by Gasteiger charge is 2.35. The van der Waals surface area contributed by atoms with Crippen LogP contribution in [0.5, 0.6) is 0 Å². The average molecular weight is 275 g/mol. The normalized spacial score (nSPS) is 17.2. The van der Waals surface area contributed by atoms with Gasteiger partial charge in [-0.3, -0.25) is 9.59 Å². The maximum absolute atomic E-state index is 12.1. The molecule has 0 atom stereocenters. The lowest BCUT2D eigenvalue weighted by Crippen LogP contribution is -2.56. The zero-order chi connectivity index (χ0) is 14.4. The minimum absolute atomic E-state index is 0.0489. The number of benzene rings is 1. The van der Waals surface area contributed by atoms with E-state index in [-0.39, 0.29) is 18.4 Å². The van der Waals surface area contributed by atoms with E-state index in [9.17, 15) is 9.59 Å². The fourth-order valence-corrected chi connectivity index (χ4v) is 2.47. The first kappa shape index (κ1) is 14.5. The summed E-state index contributed by atoms with van der Waals surface area (Å²) in [7, 11) is 0. The molecule has 1 saturated carbocycles. The number of nitrogens with two attached hydrogens (primary N) is 1. The molecule has 0 aromatic heterocycles. The van der Waals surface area contributed by atoms with E-state index in [0.717, 1.165) is 19.3 Å². The standard InChI is InChI=1S/C15H21N3O2/c16-15(9-5-2-6-10-15)14(20)17-11-13(19)18-12-7-3-1-4-8-12/h1,3-4,7-8H,2,5-6,9-11,16H2,(H,17,20)(H,18,19). The molecule has 1 aromatic rings. The first-order chi connectivity index (χ1) is 9.60. The number of anilines is 1. The molecule has 5 nitrogen and oxygen atoms in total. The van der Waals surface area contributed by atoms with Crippen molar-refractivity contribution in [2.45, 2.75) is 37.6 Å². The van der Waals surface area contributed by atoms with Gasteiger partial charge in [0.2, 0.25) is 11.8 Å². The SMILES string of the molecule is NC1(C(=O)NCC(=O)Nc2ccccc2)CCCCC1. The maximum atomic E-state index is 12.1. The van der Waals surface area contributed by atoms with Crippen LogP contribution in [0.4, 0.5) is 5.69 Å². The number of nitrogens with one attached hydrogen (secondary N) is 2. The van der Waals surface area contributed by atoms with E-state index >= 15 is 0 Å². The Morgan fingerprint density at radius 3 is 2.40 bits per heavy atom. The van der Waals surface area contributed by atoms with Crippen molar-refractivity contribution >= 4 is 17.5 Å². The molecule has 0 heterocycles. The Hall–Kier alpha value is -1.88.